The average Bonchev–Trinajstić information content (AvgIpc) is 3.07. The first-order valence-electron chi connectivity index (χ1n) is 8.43. The maximum absolute atomic E-state index is 13.5. The van der Waals surface area contributed by atoms with Crippen molar-refractivity contribution in [3.8, 4) is 0 Å². The summed E-state index contributed by atoms with van der Waals surface area (Å²) < 4.78 is 40.5. The normalized spacial score (nSPS) is 12.1. The number of hydrogen-bond acceptors (Lipinski definition) is 5. The minimum absolute atomic E-state index is 0.0705. The van der Waals surface area contributed by atoms with E-state index >= 15 is 0 Å². The summed E-state index contributed by atoms with van der Waals surface area (Å²) in [7, 11) is -4.10. The summed E-state index contributed by atoms with van der Waals surface area (Å²) in [5.41, 5.74) is 0.315. The molecule has 0 unspecified atom stereocenters. The average molecular weight is 415 g/mol. The van der Waals surface area contributed by atoms with Crippen molar-refractivity contribution < 1.29 is 22.7 Å². The molecule has 0 bridgehead atoms. The topological polar surface area (TPSA) is 86.7 Å². The fourth-order valence-corrected chi connectivity index (χ4v) is 4.82. The van der Waals surface area contributed by atoms with Crippen molar-refractivity contribution in [3.05, 3.63) is 46.6 Å². The van der Waals surface area contributed by atoms with E-state index in [9.17, 15) is 22.7 Å². The van der Waals surface area contributed by atoms with Crippen molar-refractivity contribution in [2.75, 3.05) is 11.4 Å². The van der Waals surface area contributed by atoms with E-state index in [2.05, 4.69) is 0 Å². The molecule has 0 aliphatic heterocycles. The zero-order valence-corrected chi connectivity index (χ0v) is 17.2. The third kappa shape index (κ3) is 4.85. The Morgan fingerprint density at radius 3 is 2.48 bits per heavy atom. The minimum atomic E-state index is -4.10. The maximum Gasteiger partial charge on any atom is 0.335 e. The lowest BCUT2D eigenvalue weighted by Gasteiger charge is -2.23. The number of nitrogens with zero attached hydrogens (tertiary/aromatic N) is 1. The molecule has 2 aromatic rings. The highest BCUT2D eigenvalue weighted by atomic mass is 32.2. The van der Waals surface area contributed by atoms with Crippen LogP contribution in [0.2, 0.25) is 0 Å². The Morgan fingerprint density at radius 2 is 1.96 bits per heavy atom. The highest BCUT2D eigenvalue weighted by Crippen LogP contribution is 2.28. The Kier molecular flexibility index (Phi) is 6.28. The number of urea groups is 1. The number of hydrogen-bond donors (Lipinski definition) is 2. The Bertz CT molecular complexity index is 933. The van der Waals surface area contributed by atoms with Crippen LogP contribution in [0, 0.1) is 5.82 Å². The van der Waals surface area contributed by atoms with Crippen LogP contribution in [0.5, 0.6) is 0 Å². The molecule has 148 valence electrons. The van der Waals surface area contributed by atoms with Crippen molar-refractivity contribution in [1.29, 1.82) is 0 Å². The zero-order valence-electron chi connectivity index (χ0n) is 15.6. The smallest absolute Gasteiger partial charge is 0.335 e. The van der Waals surface area contributed by atoms with Crippen LogP contribution in [0.1, 0.15) is 38.8 Å². The molecule has 1 aromatic heterocycles. The number of thiophene rings is 1. The molecule has 1 aromatic carbocycles. The van der Waals surface area contributed by atoms with Crippen molar-refractivity contribution in [1.82, 2.24) is 4.72 Å². The molecule has 0 spiro atoms. The third-order valence-electron chi connectivity index (χ3n) is 4.04. The van der Waals surface area contributed by atoms with Crippen LogP contribution < -0.4 is 9.62 Å². The predicted octanol–water partition coefficient (Wildman–Crippen LogP) is 3.60. The second-order valence-corrected chi connectivity index (χ2v) is 9.32. The van der Waals surface area contributed by atoms with Crippen molar-refractivity contribution in [2.24, 2.45) is 0 Å². The zero-order chi connectivity index (χ0) is 20.4. The highest BCUT2D eigenvalue weighted by molar-refractivity contribution is 7.92. The monoisotopic (exact) mass is 414 g/mol. The molecular formula is C18H23FN2O4S2. The van der Waals surface area contributed by atoms with Crippen LogP contribution in [0.25, 0.3) is 0 Å². The van der Waals surface area contributed by atoms with Gasteiger partial charge in [0.1, 0.15) is 10.0 Å². The second-order valence-electron chi connectivity index (χ2n) is 6.49. The quantitative estimate of drug-likeness (QED) is 0.756. The highest BCUT2D eigenvalue weighted by Gasteiger charge is 2.27. The van der Waals surface area contributed by atoms with E-state index in [-0.39, 0.29) is 10.8 Å². The van der Waals surface area contributed by atoms with Gasteiger partial charge in [0.05, 0.1) is 5.60 Å². The number of aryl methyl sites for hydroxylation is 1. The largest absolute Gasteiger partial charge is 0.386 e. The molecular weight excluding hydrogens is 391 g/mol. The van der Waals surface area contributed by atoms with E-state index in [1.54, 1.807) is 20.8 Å². The van der Waals surface area contributed by atoms with Gasteiger partial charge in [0.25, 0.3) is 10.0 Å². The molecule has 2 amide bonds. The second kappa shape index (κ2) is 7.95. The lowest BCUT2D eigenvalue weighted by Crippen LogP contribution is -2.43. The molecule has 0 aliphatic carbocycles. The molecule has 0 radical (unpaired) electrons. The molecule has 1 heterocycles. The van der Waals surface area contributed by atoms with Crippen LogP contribution in [-0.2, 0) is 22.0 Å². The number of benzene rings is 1. The number of rotatable bonds is 6. The summed E-state index contributed by atoms with van der Waals surface area (Å²) in [5.74, 6) is -0.419. The fraction of sp³-hybridized carbons (Fsp3) is 0.389. The van der Waals surface area contributed by atoms with Crippen LogP contribution >= 0.6 is 11.3 Å². The number of halogens is 1. The molecule has 0 aliphatic rings. The summed E-state index contributed by atoms with van der Waals surface area (Å²) >= 11 is 0.919. The Labute approximate surface area is 162 Å². The van der Waals surface area contributed by atoms with Gasteiger partial charge in [-0.05, 0) is 68.0 Å². The number of amides is 2. The molecule has 0 saturated carbocycles. The van der Waals surface area contributed by atoms with Crippen LogP contribution in [0.3, 0.4) is 0 Å². The Hall–Kier alpha value is -1.97. The van der Waals surface area contributed by atoms with Gasteiger partial charge in [-0.15, -0.1) is 11.3 Å². The fourth-order valence-electron chi connectivity index (χ4n) is 2.52. The van der Waals surface area contributed by atoms with E-state index in [0.717, 1.165) is 11.3 Å². The Balaban J connectivity index is 2.30. The van der Waals surface area contributed by atoms with Gasteiger partial charge >= 0.3 is 6.03 Å². The molecule has 0 fully saturated rings. The van der Waals surface area contributed by atoms with E-state index in [4.69, 9.17) is 0 Å². The number of sulfonamides is 1. The predicted molar refractivity (Wildman–Crippen MR) is 104 cm³/mol. The number of carbonyl (C=O) groups is 1. The van der Waals surface area contributed by atoms with E-state index < -0.39 is 27.5 Å². The van der Waals surface area contributed by atoms with Gasteiger partial charge < -0.3 is 5.11 Å². The molecule has 0 atom stereocenters. The van der Waals surface area contributed by atoms with Crippen molar-refractivity contribution in [2.45, 2.75) is 43.9 Å². The standard InChI is InChI=1S/C18H23FN2O4S2/c1-5-12-9-14(19)7-8-15(12)21(6-2)17(22)20-27(24,25)16-10-13(11-26-16)18(3,4)23/h7-11,23H,5-6H2,1-4H3,(H,20,22). The van der Waals surface area contributed by atoms with Gasteiger partial charge in [0.15, 0.2) is 0 Å². The Morgan fingerprint density at radius 1 is 1.30 bits per heavy atom. The lowest BCUT2D eigenvalue weighted by atomic mass is 10.0. The summed E-state index contributed by atoms with van der Waals surface area (Å²) in [6, 6.07) is 4.53. The van der Waals surface area contributed by atoms with Gasteiger partial charge in [0, 0.05) is 12.2 Å². The van der Waals surface area contributed by atoms with Crippen LogP contribution in [0.15, 0.2) is 33.9 Å². The maximum atomic E-state index is 13.5. The number of anilines is 1. The molecule has 27 heavy (non-hydrogen) atoms. The molecule has 0 saturated heterocycles. The summed E-state index contributed by atoms with van der Waals surface area (Å²) in [5, 5.41) is 11.5. The SMILES string of the molecule is CCc1cc(F)ccc1N(CC)C(=O)NS(=O)(=O)c1cc(C(C)(C)O)cs1. The van der Waals surface area contributed by atoms with Gasteiger partial charge in [-0.3, -0.25) is 4.90 Å². The number of nitrogens with one attached hydrogen (secondary N) is 1. The van der Waals surface area contributed by atoms with E-state index in [1.165, 1.54) is 34.5 Å². The minimum Gasteiger partial charge on any atom is -0.386 e. The van der Waals surface area contributed by atoms with E-state index in [0.29, 0.717) is 23.2 Å². The molecule has 2 rings (SSSR count). The van der Waals surface area contributed by atoms with Gasteiger partial charge in [-0.2, -0.15) is 0 Å². The number of aliphatic hydroxyl groups is 1. The molecule has 9 heteroatoms. The summed E-state index contributed by atoms with van der Waals surface area (Å²) in [6.07, 6.45) is 0.490. The van der Waals surface area contributed by atoms with Gasteiger partial charge in [0.2, 0.25) is 0 Å². The van der Waals surface area contributed by atoms with Crippen molar-refractivity contribution >= 4 is 33.1 Å². The first-order chi connectivity index (χ1) is 12.5. The van der Waals surface area contributed by atoms with Crippen LogP contribution in [-0.4, -0.2) is 26.1 Å². The van der Waals surface area contributed by atoms with E-state index in [1.807, 2.05) is 11.6 Å². The molecule has 2 N–H and O–H groups in total. The first kappa shape index (κ1) is 21.3. The van der Waals surface area contributed by atoms with Crippen molar-refractivity contribution in [3.63, 3.8) is 0 Å². The number of carbonyl (C=O) groups excluding carboxylic acids is 1. The summed E-state index contributed by atoms with van der Waals surface area (Å²) in [4.78, 5) is 13.9. The first-order valence-corrected chi connectivity index (χ1v) is 10.8. The summed E-state index contributed by atoms with van der Waals surface area (Å²) in [6.45, 7) is 6.82. The van der Waals surface area contributed by atoms with Gasteiger partial charge in [-0.25, -0.2) is 22.3 Å². The molecule has 6 nitrogen and oxygen atoms in total. The van der Waals surface area contributed by atoms with Gasteiger partial charge in [-0.1, -0.05) is 6.92 Å². The van der Waals surface area contributed by atoms with Crippen LogP contribution in [0.4, 0.5) is 14.9 Å². The lowest BCUT2D eigenvalue weighted by molar-refractivity contribution is 0.0789. The third-order valence-corrected chi connectivity index (χ3v) is 6.80.